The van der Waals surface area contributed by atoms with E-state index in [2.05, 4.69) is 60.0 Å². The van der Waals surface area contributed by atoms with E-state index in [-0.39, 0.29) is 0 Å². The third kappa shape index (κ3) is 3.72. The van der Waals surface area contributed by atoms with E-state index in [0.717, 1.165) is 31.7 Å². The molecule has 2 aromatic carbocycles. The summed E-state index contributed by atoms with van der Waals surface area (Å²) >= 11 is 0. The molecule has 3 rings (SSSR count). The Morgan fingerprint density at radius 3 is 2.70 bits per heavy atom. The summed E-state index contributed by atoms with van der Waals surface area (Å²) in [4.78, 5) is 4.97. The molecule has 0 aromatic heterocycles. The van der Waals surface area contributed by atoms with Crippen LogP contribution >= 0.6 is 0 Å². The zero-order chi connectivity index (χ0) is 16.2. The van der Waals surface area contributed by atoms with E-state index < -0.39 is 0 Å². The summed E-state index contributed by atoms with van der Waals surface area (Å²) < 4.78 is 0. The number of aryl methyl sites for hydroxylation is 1. The van der Waals surface area contributed by atoms with Crippen LogP contribution < -0.4 is 4.90 Å². The minimum atomic E-state index is 0.490. The van der Waals surface area contributed by atoms with E-state index in [0.29, 0.717) is 6.04 Å². The monoisotopic (exact) mass is 305 g/mol. The Morgan fingerprint density at radius 1 is 1.13 bits per heavy atom. The minimum Gasteiger partial charge on any atom is -0.366 e. The van der Waals surface area contributed by atoms with Gasteiger partial charge in [0.15, 0.2) is 0 Å². The molecule has 0 aliphatic carbocycles. The van der Waals surface area contributed by atoms with Crippen molar-refractivity contribution >= 4 is 5.69 Å². The summed E-state index contributed by atoms with van der Waals surface area (Å²) in [7, 11) is 0. The maximum absolute atomic E-state index is 9.02. The standard InChI is InChI=1S/C20H23N3/c1-16-5-3-8-20(11-16)23-10-9-22(14-17(23)2)15-19-7-4-6-18(12-19)13-21/h3-8,11-12,17H,9-10,14-15H2,1-2H3. The highest BCUT2D eigenvalue weighted by Crippen LogP contribution is 2.22. The van der Waals surface area contributed by atoms with Crippen molar-refractivity contribution in [3.63, 3.8) is 0 Å². The van der Waals surface area contributed by atoms with Gasteiger partial charge in [-0.25, -0.2) is 0 Å². The summed E-state index contributed by atoms with van der Waals surface area (Å²) in [5, 5.41) is 9.02. The van der Waals surface area contributed by atoms with Gasteiger partial charge < -0.3 is 4.90 Å². The zero-order valence-corrected chi connectivity index (χ0v) is 13.9. The molecule has 3 heteroatoms. The molecule has 0 saturated carbocycles. The average molecular weight is 305 g/mol. The molecule has 1 aliphatic rings. The van der Waals surface area contributed by atoms with Gasteiger partial charge in [0.2, 0.25) is 0 Å². The Kier molecular flexibility index (Phi) is 4.64. The zero-order valence-electron chi connectivity index (χ0n) is 13.9. The number of anilines is 1. The van der Waals surface area contributed by atoms with Crippen LogP contribution in [-0.4, -0.2) is 30.6 Å². The topological polar surface area (TPSA) is 30.3 Å². The van der Waals surface area contributed by atoms with Crippen LogP contribution in [0.1, 0.15) is 23.6 Å². The molecular weight excluding hydrogens is 282 g/mol. The lowest BCUT2D eigenvalue weighted by Crippen LogP contribution is -2.51. The van der Waals surface area contributed by atoms with E-state index in [1.807, 2.05) is 18.2 Å². The number of nitrogens with zero attached hydrogens (tertiary/aromatic N) is 3. The molecule has 1 heterocycles. The van der Waals surface area contributed by atoms with Crippen molar-refractivity contribution in [1.82, 2.24) is 4.90 Å². The highest BCUT2D eigenvalue weighted by atomic mass is 15.3. The largest absolute Gasteiger partial charge is 0.366 e. The second kappa shape index (κ2) is 6.85. The number of piperazine rings is 1. The summed E-state index contributed by atoms with van der Waals surface area (Å²) in [6, 6.07) is 19.4. The van der Waals surface area contributed by atoms with Crippen molar-refractivity contribution in [3.8, 4) is 6.07 Å². The lowest BCUT2D eigenvalue weighted by Gasteiger charge is -2.41. The lowest BCUT2D eigenvalue weighted by molar-refractivity contribution is 0.221. The molecular formula is C20H23N3. The molecule has 3 nitrogen and oxygen atoms in total. The minimum absolute atomic E-state index is 0.490. The number of hydrogen-bond donors (Lipinski definition) is 0. The Bertz CT molecular complexity index is 717. The van der Waals surface area contributed by atoms with Crippen LogP contribution in [-0.2, 0) is 6.54 Å². The fourth-order valence-electron chi connectivity index (χ4n) is 3.36. The lowest BCUT2D eigenvalue weighted by atomic mass is 10.1. The number of nitriles is 1. The first-order valence-corrected chi connectivity index (χ1v) is 8.20. The molecule has 0 spiro atoms. The van der Waals surface area contributed by atoms with Crippen LogP contribution in [0.3, 0.4) is 0 Å². The van der Waals surface area contributed by atoms with Crippen LogP contribution in [0.4, 0.5) is 5.69 Å². The van der Waals surface area contributed by atoms with Crippen molar-refractivity contribution in [2.45, 2.75) is 26.4 Å². The van der Waals surface area contributed by atoms with Gasteiger partial charge in [0.1, 0.15) is 0 Å². The van der Waals surface area contributed by atoms with Crippen molar-refractivity contribution in [2.75, 3.05) is 24.5 Å². The number of rotatable bonds is 3. The predicted molar refractivity (Wildman–Crippen MR) is 94.4 cm³/mol. The fourth-order valence-corrected chi connectivity index (χ4v) is 3.36. The van der Waals surface area contributed by atoms with Gasteiger partial charge in [-0.1, -0.05) is 24.3 Å². The number of benzene rings is 2. The highest BCUT2D eigenvalue weighted by molar-refractivity contribution is 5.49. The first-order chi connectivity index (χ1) is 11.2. The molecule has 1 unspecified atom stereocenters. The van der Waals surface area contributed by atoms with Crippen LogP contribution in [0.15, 0.2) is 48.5 Å². The van der Waals surface area contributed by atoms with E-state index in [1.165, 1.54) is 16.8 Å². The maximum Gasteiger partial charge on any atom is 0.0991 e. The van der Waals surface area contributed by atoms with Gasteiger partial charge >= 0.3 is 0 Å². The third-order valence-electron chi connectivity index (χ3n) is 4.51. The summed E-state index contributed by atoms with van der Waals surface area (Å²) in [6.07, 6.45) is 0. The van der Waals surface area contributed by atoms with Gasteiger partial charge in [-0.2, -0.15) is 5.26 Å². The van der Waals surface area contributed by atoms with Crippen molar-refractivity contribution in [1.29, 1.82) is 5.26 Å². The predicted octanol–water partition coefficient (Wildman–Crippen LogP) is 3.58. The second-order valence-electron chi connectivity index (χ2n) is 6.43. The molecule has 0 N–H and O–H groups in total. The fraction of sp³-hybridized carbons (Fsp3) is 0.350. The Hall–Kier alpha value is -2.31. The van der Waals surface area contributed by atoms with Gasteiger partial charge in [0.25, 0.3) is 0 Å². The van der Waals surface area contributed by atoms with E-state index in [4.69, 9.17) is 5.26 Å². The molecule has 23 heavy (non-hydrogen) atoms. The SMILES string of the molecule is Cc1cccc(N2CCN(Cc3cccc(C#N)c3)CC2C)c1. The maximum atomic E-state index is 9.02. The molecule has 2 aromatic rings. The van der Waals surface area contributed by atoms with Gasteiger partial charge in [-0.3, -0.25) is 4.90 Å². The summed E-state index contributed by atoms with van der Waals surface area (Å²) in [5.41, 5.74) is 4.60. The molecule has 1 saturated heterocycles. The normalized spacial score (nSPS) is 18.7. The smallest absolute Gasteiger partial charge is 0.0991 e. The highest BCUT2D eigenvalue weighted by Gasteiger charge is 2.23. The number of hydrogen-bond acceptors (Lipinski definition) is 3. The average Bonchev–Trinajstić information content (AvgIpc) is 2.55. The van der Waals surface area contributed by atoms with E-state index in [9.17, 15) is 0 Å². The quantitative estimate of drug-likeness (QED) is 0.868. The van der Waals surface area contributed by atoms with Gasteiger partial charge in [0.05, 0.1) is 11.6 Å². The van der Waals surface area contributed by atoms with E-state index in [1.54, 1.807) is 0 Å². The molecule has 0 radical (unpaired) electrons. The molecule has 1 aliphatic heterocycles. The Morgan fingerprint density at radius 2 is 1.96 bits per heavy atom. The van der Waals surface area contributed by atoms with Crippen LogP contribution in [0.25, 0.3) is 0 Å². The third-order valence-corrected chi connectivity index (χ3v) is 4.51. The van der Waals surface area contributed by atoms with Crippen molar-refractivity contribution < 1.29 is 0 Å². The first kappa shape index (κ1) is 15.6. The van der Waals surface area contributed by atoms with Gasteiger partial charge in [-0.05, 0) is 49.2 Å². The summed E-state index contributed by atoms with van der Waals surface area (Å²) in [5.74, 6) is 0. The molecule has 1 atom stereocenters. The van der Waals surface area contributed by atoms with E-state index >= 15 is 0 Å². The molecule has 1 fully saturated rings. The molecule has 0 bridgehead atoms. The molecule has 118 valence electrons. The Balaban J connectivity index is 1.65. The van der Waals surface area contributed by atoms with Crippen LogP contribution in [0.2, 0.25) is 0 Å². The van der Waals surface area contributed by atoms with Crippen LogP contribution in [0.5, 0.6) is 0 Å². The van der Waals surface area contributed by atoms with Crippen molar-refractivity contribution in [2.24, 2.45) is 0 Å². The first-order valence-electron chi connectivity index (χ1n) is 8.20. The van der Waals surface area contributed by atoms with Gasteiger partial charge in [-0.15, -0.1) is 0 Å². The Labute approximate surface area is 138 Å². The van der Waals surface area contributed by atoms with Crippen molar-refractivity contribution in [3.05, 3.63) is 65.2 Å². The van der Waals surface area contributed by atoms with Crippen LogP contribution in [0, 0.1) is 18.3 Å². The van der Waals surface area contributed by atoms with Gasteiger partial charge in [0, 0.05) is 37.9 Å². The molecule has 0 amide bonds. The second-order valence-corrected chi connectivity index (χ2v) is 6.43. The summed E-state index contributed by atoms with van der Waals surface area (Å²) in [6.45, 7) is 8.50.